The van der Waals surface area contributed by atoms with Crippen molar-refractivity contribution >= 4 is 33.5 Å². The summed E-state index contributed by atoms with van der Waals surface area (Å²) in [4.78, 5) is 9.41. The molecule has 106 valence electrons. The Labute approximate surface area is 129 Å². The lowest BCUT2D eigenvalue weighted by molar-refractivity contribution is 0.180. The largest absolute Gasteiger partial charge is 0.383 e. The topological polar surface area (TPSA) is 61.0 Å². The maximum absolute atomic E-state index is 13.1. The molecule has 1 heterocycles. The third kappa shape index (κ3) is 3.91. The number of hydrogen-bond donors (Lipinski definition) is 1. The molecule has 7 heteroatoms. The summed E-state index contributed by atoms with van der Waals surface area (Å²) in [6.07, 6.45) is 0. The molecular weight excluding hydrogens is 345 g/mol. The monoisotopic (exact) mass is 357 g/mol. The highest BCUT2D eigenvalue weighted by molar-refractivity contribution is 9.10. The summed E-state index contributed by atoms with van der Waals surface area (Å²) in [6.45, 7) is 0.352. The molecule has 0 amide bonds. The van der Waals surface area contributed by atoms with Crippen LogP contribution in [-0.4, -0.2) is 17.1 Å². The molecule has 0 radical (unpaired) electrons. The van der Waals surface area contributed by atoms with Gasteiger partial charge in [0.25, 0.3) is 0 Å². The molecule has 2 rings (SSSR count). The molecule has 4 nitrogen and oxygen atoms in total. The van der Waals surface area contributed by atoms with Crippen LogP contribution < -0.4 is 5.73 Å². The summed E-state index contributed by atoms with van der Waals surface area (Å²) in [5, 5.41) is 0. The van der Waals surface area contributed by atoms with E-state index in [0.29, 0.717) is 34.2 Å². The summed E-state index contributed by atoms with van der Waals surface area (Å²) in [5.41, 5.74) is 6.53. The van der Waals surface area contributed by atoms with Gasteiger partial charge in [0.1, 0.15) is 17.5 Å². The SMILES string of the molecule is COCc1nc(CSc2cccc(F)c2)nc(N)c1Br. The number of halogens is 2. The molecule has 2 N–H and O–H groups in total. The van der Waals surface area contributed by atoms with E-state index in [-0.39, 0.29) is 5.82 Å². The molecule has 0 atom stereocenters. The molecule has 20 heavy (non-hydrogen) atoms. The molecule has 0 aliphatic heterocycles. The number of nitrogens with zero attached hydrogens (tertiary/aromatic N) is 2. The minimum Gasteiger partial charge on any atom is -0.383 e. The fourth-order valence-corrected chi connectivity index (χ4v) is 2.65. The van der Waals surface area contributed by atoms with Crippen LogP contribution in [0.3, 0.4) is 0 Å². The second-order valence-corrected chi connectivity index (χ2v) is 5.81. The molecule has 0 saturated carbocycles. The molecule has 1 aromatic heterocycles. The first-order chi connectivity index (χ1) is 9.60. The number of hydrogen-bond acceptors (Lipinski definition) is 5. The molecule has 1 aromatic carbocycles. The van der Waals surface area contributed by atoms with Gasteiger partial charge in [-0.1, -0.05) is 6.07 Å². The Balaban J connectivity index is 2.13. The van der Waals surface area contributed by atoms with Crippen molar-refractivity contribution in [3.8, 4) is 0 Å². The van der Waals surface area contributed by atoms with E-state index in [9.17, 15) is 4.39 Å². The van der Waals surface area contributed by atoms with E-state index in [4.69, 9.17) is 10.5 Å². The number of nitrogens with two attached hydrogens (primary N) is 1. The van der Waals surface area contributed by atoms with E-state index in [1.807, 2.05) is 6.07 Å². The average Bonchev–Trinajstić information content (AvgIpc) is 2.42. The fourth-order valence-electron chi connectivity index (χ4n) is 1.57. The Kier molecular flexibility index (Phi) is 5.33. The van der Waals surface area contributed by atoms with Crippen molar-refractivity contribution in [1.29, 1.82) is 0 Å². The lowest BCUT2D eigenvalue weighted by Crippen LogP contribution is -2.05. The number of thioether (sulfide) groups is 1. The Hall–Kier alpha value is -1.18. The van der Waals surface area contributed by atoms with Crippen LogP contribution >= 0.6 is 27.7 Å². The van der Waals surface area contributed by atoms with Crippen molar-refractivity contribution in [2.45, 2.75) is 17.3 Å². The van der Waals surface area contributed by atoms with Crippen molar-refractivity contribution < 1.29 is 9.13 Å². The quantitative estimate of drug-likeness (QED) is 0.831. The van der Waals surface area contributed by atoms with Gasteiger partial charge >= 0.3 is 0 Å². The Morgan fingerprint density at radius 2 is 2.20 bits per heavy atom. The summed E-state index contributed by atoms with van der Waals surface area (Å²) in [5.74, 6) is 1.22. The van der Waals surface area contributed by atoms with Crippen LogP contribution in [0.25, 0.3) is 0 Å². The van der Waals surface area contributed by atoms with Gasteiger partial charge in [-0.05, 0) is 34.1 Å². The second-order valence-electron chi connectivity index (χ2n) is 3.96. The van der Waals surface area contributed by atoms with Gasteiger partial charge in [0, 0.05) is 12.0 Å². The average molecular weight is 358 g/mol. The Morgan fingerprint density at radius 1 is 1.40 bits per heavy atom. The van der Waals surface area contributed by atoms with Crippen LogP contribution in [0.15, 0.2) is 33.6 Å². The Bertz CT molecular complexity index is 612. The number of aromatic nitrogens is 2. The maximum atomic E-state index is 13.1. The lowest BCUT2D eigenvalue weighted by Gasteiger charge is -2.08. The highest BCUT2D eigenvalue weighted by Crippen LogP contribution is 2.26. The van der Waals surface area contributed by atoms with E-state index in [2.05, 4.69) is 25.9 Å². The predicted molar refractivity (Wildman–Crippen MR) is 80.8 cm³/mol. The first-order valence-electron chi connectivity index (χ1n) is 5.78. The first kappa shape index (κ1) is 15.2. The van der Waals surface area contributed by atoms with Gasteiger partial charge in [0.05, 0.1) is 22.5 Å². The van der Waals surface area contributed by atoms with Crippen molar-refractivity contribution in [2.75, 3.05) is 12.8 Å². The summed E-state index contributed by atoms with van der Waals surface area (Å²) in [7, 11) is 1.59. The molecule has 0 unspecified atom stereocenters. The van der Waals surface area contributed by atoms with Gasteiger partial charge in [-0.25, -0.2) is 14.4 Å². The first-order valence-corrected chi connectivity index (χ1v) is 7.56. The van der Waals surface area contributed by atoms with Gasteiger partial charge in [-0.2, -0.15) is 0 Å². The van der Waals surface area contributed by atoms with E-state index in [1.54, 1.807) is 13.2 Å². The van der Waals surface area contributed by atoms with Gasteiger partial charge in [0.2, 0.25) is 0 Å². The number of methoxy groups -OCH3 is 1. The van der Waals surface area contributed by atoms with Crippen molar-refractivity contribution in [3.63, 3.8) is 0 Å². The molecule has 0 aliphatic rings. The Morgan fingerprint density at radius 3 is 2.90 bits per heavy atom. The lowest BCUT2D eigenvalue weighted by atomic mass is 10.4. The van der Waals surface area contributed by atoms with Gasteiger partial charge in [0.15, 0.2) is 0 Å². The van der Waals surface area contributed by atoms with Crippen molar-refractivity contribution in [3.05, 3.63) is 46.1 Å². The van der Waals surface area contributed by atoms with Crippen molar-refractivity contribution in [1.82, 2.24) is 9.97 Å². The van der Waals surface area contributed by atoms with Gasteiger partial charge < -0.3 is 10.5 Å². The van der Waals surface area contributed by atoms with Gasteiger partial charge in [-0.15, -0.1) is 11.8 Å². The molecule has 0 saturated heterocycles. The van der Waals surface area contributed by atoms with Gasteiger partial charge in [-0.3, -0.25) is 0 Å². The summed E-state index contributed by atoms with van der Waals surface area (Å²) < 4.78 is 18.8. The van der Waals surface area contributed by atoms with Crippen LogP contribution in [0.5, 0.6) is 0 Å². The molecular formula is C13H13BrFN3OS. The normalized spacial score (nSPS) is 10.8. The van der Waals surface area contributed by atoms with Crippen LogP contribution in [0.1, 0.15) is 11.5 Å². The zero-order valence-electron chi connectivity index (χ0n) is 10.8. The molecule has 0 bridgehead atoms. The molecule has 0 aliphatic carbocycles. The van der Waals surface area contributed by atoms with Crippen LogP contribution in [0, 0.1) is 5.82 Å². The minimum absolute atomic E-state index is 0.258. The van der Waals surface area contributed by atoms with E-state index < -0.39 is 0 Å². The smallest absolute Gasteiger partial charge is 0.141 e. The van der Waals surface area contributed by atoms with Crippen molar-refractivity contribution in [2.24, 2.45) is 0 Å². The third-order valence-corrected chi connectivity index (χ3v) is 4.29. The zero-order chi connectivity index (χ0) is 14.5. The summed E-state index contributed by atoms with van der Waals surface area (Å²) >= 11 is 4.79. The number of nitrogen functional groups attached to an aromatic ring is 1. The zero-order valence-corrected chi connectivity index (χ0v) is 13.2. The number of anilines is 1. The second kappa shape index (κ2) is 7.01. The minimum atomic E-state index is -0.258. The van der Waals surface area contributed by atoms with E-state index in [0.717, 1.165) is 4.90 Å². The van der Waals surface area contributed by atoms with E-state index in [1.165, 1.54) is 23.9 Å². The highest BCUT2D eigenvalue weighted by atomic mass is 79.9. The number of benzene rings is 1. The number of rotatable bonds is 5. The third-order valence-electron chi connectivity index (χ3n) is 2.44. The molecule has 2 aromatic rings. The number of ether oxygens (including phenoxy) is 1. The molecule has 0 fully saturated rings. The predicted octanol–water partition coefficient (Wildman–Crippen LogP) is 3.40. The highest BCUT2D eigenvalue weighted by Gasteiger charge is 2.10. The van der Waals surface area contributed by atoms with E-state index >= 15 is 0 Å². The maximum Gasteiger partial charge on any atom is 0.141 e. The van der Waals surface area contributed by atoms with Crippen LogP contribution in [-0.2, 0) is 17.1 Å². The standard InChI is InChI=1S/C13H13BrFN3OS/c1-19-6-10-12(14)13(16)18-11(17-10)7-20-9-4-2-3-8(15)5-9/h2-5H,6-7H2,1H3,(H2,16,17,18). The summed E-state index contributed by atoms with van der Waals surface area (Å²) in [6, 6.07) is 6.40. The van der Waals surface area contributed by atoms with Crippen LogP contribution in [0.4, 0.5) is 10.2 Å². The molecule has 0 spiro atoms. The fraction of sp³-hybridized carbons (Fsp3) is 0.231. The van der Waals surface area contributed by atoms with Crippen LogP contribution in [0.2, 0.25) is 0 Å².